The molecule has 6 heavy (non-hydrogen) atoms. The molecule has 0 bridgehead atoms. The van der Waals surface area contributed by atoms with Gasteiger partial charge in [-0.05, 0) is 0 Å². The van der Waals surface area contributed by atoms with E-state index >= 15 is 0 Å². The largest absolute Gasteiger partial charge is 0.179 e. The van der Waals surface area contributed by atoms with E-state index in [0.717, 1.165) is 0 Å². The normalized spacial score (nSPS) is 6.00. The zero-order valence-electron chi connectivity index (χ0n) is 3.58. The summed E-state index contributed by atoms with van der Waals surface area (Å²) in [7, 11) is 0. The summed E-state index contributed by atoms with van der Waals surface area (Å²) in [6, 6.07) is 0. The van der Waals surface area contributed by atoms with E-state index in [4.69, 9.17) is 33.7 Å². The Balaban J connectivity index is -0.0000000450. The standard InChI is InChI=1S/Cl3P.K.Na/c1-4(2)3;;. The first-order chi connectivity index (χ1) is 1.73. The molecule has 0 atom stereocenters. The third-order valence-corrected chi connectivity index (χ3v) is 0. The summed E-state index contributed by atoms with van der Waals surface area (Å²) in [5.74, 6) is -1.20. The van der Waals surface area contributed by atoms with Crippen molar-refractivity contribution in [2.24, 2.45) is 0 Å². The summed E-state index contributed by atoms with van der Waals surface area (Å²) < 4.78 is 0. The molecule has 0 saturated carbocycles. The topological polar surface area (TPSA) is 0 Å². The van der Waals surface area contributed by atoms with Crippen LogP contribution in [0, 0.1) is 0 Å². The quantitative estimate of drug-likeness (QED) is 0.414. The first kappa shape index (κ1) is 16.5. The van der Waals surface area contributed by atoms with Gasteiger partial charge in [-0.3, -0.25) is 0 Å². The van der Waals surface area contributed by atoms with Crippen molar-refractivity contribution >= 4 is 121 Å². The predicted molar refractivity (Wildman–Crippen MR) is 36.0 cm³/mol. The smallest absolute Gasteiger partial charge is 0.0596 e. The predicted octanol–water partition coefficient (Wildman–Crippen LogP) is 2.17. The Morgan fingerprint density at radius 2 is 1.00 bits per heavy atom. The molecule has 0 N–H and O–H groups in total. The van der Waals surface area contributed by atoms with Gasteiger partial charge in [0.1, 0.15) is 0 Å². The van der Waals surface area contributed by atoms with Crippen LogP contribution in [0.2, 0.25) is 0 Å². The third-order valence-electron chi connectivity index (χ3n) is 0. The van der Waals surface area contributed by atoms with Crippen molar-refractivity contribution in [2.75, 3.05) is 0 Å². The molecule has 6 heteroatoms. The molecule has 0 aromatic rings. The van der Waals surface area contributed by atoms with Gasteiger partial charge in [0.05, 0.1) is 0 Å². The molecule has 0 rings (SSSR count). The van der Waals surface area contributed by atoms with Gasteiger partial charge in [-0.15, -0.1) is 0 Å². The SMILES string of the molecule is ClP(Cl)Cl.[K].[Na]. The minimum atomic E-state index is -1.20. The van der Waals surface area contributed by atoms with Crippen LogP contribution < -0.4 is 0 Å². The average molecular weight is 199 g/mol. The van der Waals surface area contributed by atoms with Crippen molar-refractivity contribution in [1.29, 1.82) is 0 Å². The molecule has 0 aliphatic carbocycles. The fourth-order valence-corrected chi connectivity index (χ4v) is 0. The van der Waals surface area contributed by atoms with Crippen molar-refractivity contribution < 1.29 is 0 Å². The fourth-order valence-electron chi connectivity index (χ4n) is 0. The third kappa shape index (κ3) is 24.6. The van der Waals surface area contributed by atoms with E-state index in [1.807, 2.05) is 0 Å². The second kappa shape index (κ2) is 11.7. The van der Waals surface area contributed by atoms with Crippen LogP contribution in [-0.4, -0.2) is 80.9 Å². The van der Waals surface area contributed by atoms with Crippen molar-refractivity contribution in [3.8, 4) is 0 Å². The molecule has 0 amide bonds. The number of rotatable bonds is 0. The molecule has 0 aromatic heterocycles. The van der Waals surface area contributed by atoms with E-state index in [1.165, 1.54) is 0 Å². The first-order valence-corrected chi connectivity index (χ1v) is 4.56. The molecule has 0 unspecified atom stereocenters. The van der Waals surface area contributed by atoms with Crippen LogP contribution in [0.1, 0.15) is 0 Å². The van der Waals surface area contributed by atoms with Gasteiger partial charge in [0.2, 0.25) is 0 Å². The van der Waals surface area contributed by atoms with Crippen molar-refractivity contribution in [1.82, 2.24) is 0 Å². The zero-order chi connectivity index (χ0) is 3.58. The molecule has 0 saturated heterocycles. The van der Waals surface area contributed by atoms with E-state index < -0.39 is 5.98 Å². The average Bonchev–Trinajstić information content (AvgIpc) is 0.811. The summed E-state index contributed by atoms with van der Waals surface area (Å²) in [5.41, 5.74) is 0. The van der Waals surface area contributed by atoms with E-state index in [-0.39, 0.29) is 80.9 Å². The van der Waals surface area contributed by atoms with Crippen LogP contribution in [-0.2, 0) is 0 Å². The maximum absolute atomic E-state index is 4.87. The molecule has 28 valence electrons. The van der Waals surface area contributed by atoms with E-state index in [9.17, 15) is 0 Å². The van der Waals surface area contributed by atoms with Crippen LogP contribution in [0.5, 0.6) is 0 Å². The molecule has 0 heterocycles. The van der Waals surface area contributed by atoms with E-state index in [2.05, 4.69) is 0 Å². The molecule has 0 aromatic carbocycles. The van der Waals surface area contributed by atoms with E-state index in [1.54, 1.807) is 0 Å². The molecule has 0 aliphatic rings. The fraction of sp³-hybridized carbons (Fsp3) is 0. The Hall–Kier alpha value is 3.94. The van der Waals surface area contributed by atoms with Gasteiger partial charge in [-0.1, -0.05) is 33.7 Å². The van der Waals surface area contributed by atoms with Gasteiger partial charge in [0.15, 0.2) is 5.98 Å². The van der Waals surface area contributed by atoms with Gasteiger partial charge in [-0.25, -0.2) is 0 Å². The van der Waals surface area contributed by atoms with Crippen LogP contribution >= 0.6 is 39.7 Å². The molecule has 0 nitrogen and oxygen atoms in total. The van der Waals surface area contributed by atoms with Crippen molar-refractivity contribution in [3.63, 3.8) is 0 Å². The molecule has 0 aliphatic heterocycles. The molecular weight excluding hydrogens is 199 g/mol. The molecule has 2 radical (unpaired) electrons. The summed E-state index contributed by atoms with van der Waals surface area (Å²) in [4.78, 5) is 0. The van der Waals surface area contributed by atoms with Crippen LogP contribution in [0.25, 0.3) is 0 Å². The molecule has 0 fully saturated rings. The Kier molecular flexibility index (Phi) is 32.2. The Morgan fingerprint density at radius 1 is 1.00 bits per heavy atom. The summed E-state index contributed by atoms with van der Waals surface area (Å²) in [6.45, 7) is 0. The van der Waals surface area contributed by atoms with Gasteiger partial charge in [0, 0.05) is 80.9 Å². The second-order valence-electron chi connectivity index (χ2n) is 0.192. The number of halogens is 3. The van der Waals surface area contributed by atoms with Crippen LogP contribution in [0.3, 0.4) is 0 Å². The Labute approximate surface area is 117 Å². The molecule has 0 spiro atoms. The maximum atomic E-state index is 4.87. The van der Waals surface area contributed by atoms with Crippen molar-refractivity contribution in [3.05, 3.63) is 0 Å². The Morgan fingerprint density at radius 3 is 1.00 bits per heavy atom. The van der Waals surface area contributed by atoms with Crippen LogP contribution in [0.15, 0.2) is 0 Å². The summed E-state index contributed by atoms with van der Waals surface area (Å²) in [5, 5.41) is 0. The second-order valence-corrected chi connectivity index (χ2v) is 5.17. The minimum Gasteiger partial charge on any atom is -0.0596 e. The van der Waals surface area contributed by atoms with Gasteiger partial charge in [0.25, 0.3) is 0 Å². The molecular formula is Cl3KNaP. The monoisotopic (exact) mass is 198 g/mol. The first-order valence-electron chi connectivity index (χ1n) is 0.507. The van der Waals surface area contributed by atoms with E-state index in [0.29, 0.717) is 0 Å². The Bertz CT molecular complexity index is 15.5. The van der Waals surface area contributed by atoms with Gasteiger partial charge < -0.3 is 0 Å². The van der Waals surface area contributed by atoms with Gasteiger partial charge in [-0.2, -0.15) is 0 Å². The minimum absolute atomic E-state index is 0. The summed E-state index contributed by atoms with van der Waals surface area (Å²) in [6.07, 6.45) is 0. The number of hydrogen-bond donors (Lipinski definition) is 0. The zero-order valence-corrected chi connectivity index (χ0v) is 11.9. The van der Waals surface area contributed by atoms with Gasteiger partial charge >= 0.3 is 0 Å². The summed E-state index contributed by atoms with van der Waals surface area (Å²) >= 11 is 14.6. The number of hydrogen-bond acceptors (Lipinski definition) is 0. The van der Waals surface area contributed by atoms with Crippen LogP contribution in [0.4, 0.5) is 0 Å². The van der Waals surface area contributed by atoms with Crippen molar-refractivity contribution in [2.45, 2.75) is 0 Å². The maximum Gasteiger partial charge on any atom is 0.179 e.